The second kappa shape index (κ2) is 3.19. The van der Waals surface area contributed by atoms with E-state index >= 15 is 0 Å². The van der Waals surface area contributed by atoms with Gasteiger partial charge in [-0.05, 0) is 19.3 Å². The first kappa shape index (κ1) is 8.49. The summed E-state index contributed by atoms with van der Waals surface area (Å²) in [7, 11) is 0. The van der Waals surface area contributed by atoms with Crippen molar-refractivity contribution in [3.05, 3.63) is 0 Å². The fourth-order valence-electron chi connectivity index (χ4n) is 1.49. The number of nitrogens with two attached hydrogens (primary N) is 1. The zero-order valence-corrected chi connectivity index (χ0v) is 6.23. The van der Waals surface area contributed by atoms with E-state index in [0.717, 1.165) is 0 Å². The summed E-state index contributed by atoms with van der Waals surface area (Å²) in [4.78, 5) is 10.5. The van der Waals surface area contributed by atoms with Gasteiger partial charge in [-0.15, -0.1) is 0 Å². The summed E-state index contributed by atoms with van der Waals surface area (Å²) < 4.78 is 0. The molecule has 1 aliphatic carbocycles. The van der Waals surface area contributed by atoms with E-state index in [9.17, 15) is 4.79 Å². The molecule has 64 valence electrons. The highest BCUT2D eigenvalue weighted by Gasteiger charge is 2.31. The van der Waals surface area contributed by atoms with Gasteiger partial charge in [0, 0.05) is 6.04 Å². The Morgan fingerprint density at radius 2 is 2.09 bits per heavy atom. The summed E-state index contributed by atoms with van der Waals surface area (Å²) in [5.41, 5.74) is 5.53. The van der Waals surface area contributed by atoms with Crippen LogP contribution >= 0.6 is 0 Å². The highest BCUT2D eigenvalue weighted by molar-refractivity contribution is 5.71. The summed E-state index contributed by atoms with van der Waals surface area (Å²) in [5, 5.41) is 17.7. The Hall–Kier alpha value is -0.610. The highest BCUT2D eigenvalue weighted by atomic mass is 16.4. The van der Waals surface area contributed by atoms with Gasteiger partial charge in [-0.2, -0.15) is 0 Å². The first-order valence-corrected chi connectivity index (χ1v) is 3.77. The number of rotatable bonds is 1. The second-order valence-corrected chi connectivity index (χ2v) is 3.08. The zero-order chi connectivity index (χ0) is 8.43. The van der Waals surface area contributed by atoms with Crippen molar-refractivity contribution >= 4 is 5.97 Å². The molecule has 0 radical (unpaired) electrons. The van der Waals surface area contributed by atoms with Crippen molar-refractivity contribution in [2.45, 2.75) is 31.4 Å². The van der Waals surface area contributed by atoms with Crippen LogP contribution in [0.2, 0.25) is 0 Å². The maximum atomic E-state index is 10.5. The van der Waals surface area contributed by atoms with Gasteiger partial charge < -0.3 is 15.9 Å². The average Bonchev–Trinajstić information content (AvgIpc) is 1.85. The third kappa shape index (κ3) is 1.91. The molecule has 0 unspecified atom stereocenters. The molecule has 0 aliphatic heterocycles. The van der Waals surface area contributed by atoms with E-state index in [2.05, 4.69) is 0 Å². The van der Waals surface area contributed by atoms with E-state index in [-0.39, 0.29) is 6.04 Å². The predicted molar refractivity (Wildman–Crippen MR) is 39.0 cm³/mol. The molecule has 1 rings (SSSR count). The van der Waals surface area contributed by atoms with Crippen LogP contribution in [0.5, 0.6) is 0 Å². The number of carbonyl (C=O) groups is 1. The van der Waals surface area contributed by atoms with Crippen molar-refractivity contribution in [1.29, 1.82) is 0 Å². The second-order valence-electron chi connectivity index (χ2n) is 3.08. The number of hydrogen-bond acceptors (Lipinski definition) is 3. The van der Waals surface area contributed by atoms with Crippen LogP contribution in [0.15, 0.2) is 0 Å². The van der Waals surface area contributed by atoms with E-state index in [4.69, 9.17) is 15.9 Å². The van der Waals surface area contributed by atoms with Crippen LogP contribution in [-0.4, -0.2) is 28.3 Å². The van der Waals surface area contributed by atoms with Crippen molar-refractivity contribution in [2.24, 2.45) is 11.7 Å². The minimum atomic E-state index is -0.843. The molecular weight excluding hydrogens is 146 g/mol. The van der Waals surface area contributed by atoms with Gasteiger partial charge >= 0.3 is 5.97 Å². The molecule has 11 heavy (non-hydrogen) atoms. The molecule has 0 aromatic carbocycles. The number of carboxylic acids is 1. The molecule has 0 amide bonds. The van der Waals surface area contributed by atoms with Gasteiger partial charge in [0.25, 0.3) is 0 Å². The topological polar surface area (TPSA) is 83.5 Å². The van der Waals surface area contributed by atoms with Crippen LogP contribution in [0.25, 0.3) is 0 Å². The Bertz CT molecular complexity index is 160. The molecule has 0 aromatic heterocycles. The van der Waals surface area contributed by atoms with Crippen LogP contribution < -0.4 is 5.73 Å². The van der Waals surface area contributed by atoms with Crippen LogP contribution in [0.4, 0.5) is 0 Å². The number of aliphatic hydroxyl groups excluding tert-OH is 1. The maximum absolute atomic E-state index is 10.5. The lowest BCUT2D eigenvalue weighted by Gasteiger charge is -2.28. The molecule has 4 heteroatoms. The molecule has 0 spiro atoms. The summed E-state index contributed by atoms with van der Waals surface area (Å²) in [5.74, 6) is -1.30. The highest BCUT2D eigenvalue weighted by Crippen LogP contribution is 2.23. The largest absolute Gasteiger partial charge is 0.481 e. The van der Waals surface area contributed by atoms with Crippen molar-refractivity contribution in [3.63, 3.8) is 0 Å². The van der Waals surface area contributed by atoms with E-state index in [1.807, 2.05) is 0 Å². The van der Waals surface area contributed by atoms with E-state index in [1.54, 1.807) is 0 Å². The first-order valence-electron chi connectivity index (χ1n) is 3.77. The molecule has 4 N–H and O–H groups in total. The van der Waals surface area contributed by atoms with Crippen LogP contribution in [-0.2, 0) is 4.79 Å². The molecule has 0 saturated heterocycles. The van der Waals surface area contributed by atoms with E-state index < -0.39 is 18.0 Å². The molecule has 1 aliphatic rings. The summed E-state index contributed by atoms with van der Waals surface area (Å²) in [6.45, 7) is 0. The summed E-state index contributed by atoms with van der Waals surface area (Å²) in [6, 6.07) is -0.378. The van der Waals surface area contributed by atoms with Gasteiger partial charge in [0.1, 0.15) is 0 Å². The van der Waals surface area contributed by atoms with Gasteiger partial charge in [-0.3, -0.25) is 4.79 Å². The van der Waals surface area contributed by atoms with Gasteiger partial charge in [-0.25, -0.2) is 0 Å². The lowest BCUT2D eigenvalue weighted by atomic mass is 9.83. The zero-order valence-electron chi connectivity index (χ0n) is 6.23. The lowest BCUT2D eigenvalue weighted by Crippen LogP contribution is -2.42. The average molecular weight is 159 g/mol. The number of carboxylic acid groups (broad SMARTS) is 1. The quantitative estimate of drug-likeness (QED) is 0.484. The molecule has 1 saturated carbocycles. The predicted octanol–water partition coefficient (Wildman–Crippen LogP) is -0.441. The molecule has 1 fully saturated rings. The van der Waals surface area contributed by atoms with Crippen molar-refractivity contribution in [2.75, 3.05) is 0 Å². The Morgan fingerprint density at radius 1 is 1.45 bits per heavy atom. The van der Waals surface area contributed by atoms with Gasteiger partial charge in [0.05, 0.1) is 12.0 Å². The minimum absolute atomic E-state index is 0.378. The minimum Gasteiger partial charge on any atom is -0.481 e. The standard InChI is InChI=1S/C7H13NO3/c8-6-3-4(9)1-2-5(6)7(10)11/h4-6,9H,1-3,8H2,(H,10,11)/t4-,5-,6-/m0/s1. The van der Waals surface area contributed by atoms with Gasteiger partial charge in [-0.1, -0.05) is 0 Å². The normalized spacial score (nSPS) is 38.5. The smallest absolute Gasteiger partial charge is 0.308 e. The Kier molecular flexibility index (Phi) is 2.46. The van der Waals surface area contributed by atoms with Crippen LogP contribution in [0.1, 0.15) is 19.3 Å². The van der Waals surface area contributed by atoms with Gasteiger partial charge in [0.15, 0.2) is 0 Å². The lowest BCUT2D eigenvalue weighted by molar-refractivity contribution is -0.144. The molecule has 3 atom stereocenters. The Morgan fingerprint density at radius 3 is 2.55 bits per heavy atom. The van der Waals surface area contributed by atoms with Crippen LogP contribution in [0, 0.1) is 5.92 Å². The van der Waals surface area contributed by atoms with E-state index in [1.165, 1.54) is 0 Å². The summed E-state index contributed by atoms with van der Waals surface area (Å²) >= 11 is 0. The van der Waals surface area contributed by atoms with E-state index in [0.29, 0.717) is 19.3 Å². The Balaban J connectivity index is 2.50. The number of hydrogen-bond donors (Lipinski definition) is 3. The van der Waals surface area contributed by atoms with Crippen molar-refractivity contribution in [3.8, 4) is 0 Å². The molecule has 0 bridgehead atoms. The third-order valence-electron chi connectivity index (χ3n) is 2.19. The molecule has 4 nitrogen and oxygen atoms in total. The third-order valence-corrected chi connectivity index (χ3v) is 2.19. The monoisotopic (exact) mass is 159 g/mol. The fourth-order valence-corrected chi connectivity index (χ4v) is 1.49. The molecule has 0 aromatic rings. The Labute approximate surface area is 65.0 Å². The number of aliphatic carboxylic acids is 1. The molecule has 0 heterocycles. The van der Waals surface area contributed by atoms with Crippen molar-refractivity contribution < 1.29 is 15.0 Å². The fraction of sp³-hybridized carbons (Fsp3) is 0.857. The summed E-state index contributed by atoms with van der Waals surface area (Å²) in [6.07, 6.45) is 1.07. The maximum Gasteiger partial charge on any atom is 0.308 e. The van der Waals surface area contributed by atoms with Gasteiger partial charge in [0.2, 0.25) is 0 Å². The first-order chi connectivity index (χ1) is 5.11. The molecular formula is C7H13NO3. The number of aliphatic hydroxyl groups is 1. The SMILES string of the molecule is N[C@H]1C[C@@H](O)CC[C@@H]1C(=O)O. The van der Waals surface area contributed by atoms with Crippen molar-refractivity contribution in [1.82, 2.24) is 0 Å². The van der Waals surface area contributed by atoms with Crippen LogP contribution in [0.3, 0.4) is 0 Å².